The highest BCUT2D eigenvalue weighted by molar-refractivity contribution is 5.52. The van der Waals surface area contributed by atoms with Crippen LogP contribution >= 0.6 is 0 Å². The van der Waals surface area contributed by atoms with E-state index in [1.807, 2.05) is 19.1 Å². The van der Waals surface area contributed by atoms with Crippen LogP contribution in [0.3, 0.4) is 0 Å². The second kappa shape index (κ2) is 5.56. The molecule has 3 rings (SSSR count). The fraction of sp³-hybridized carbons (Fsp3) is 0.562. The molecule has 5 nitrogen and oxygen atoms in total. The molecule has 1 fully saturated rings. The zero-order valence-corrected chi connectivity index (χ0v) is 12.7. The van der Waals surface area contributed by atoms with Gasteiger partial charge in [-0.2, -0.15) is 4.98 Å². The van der Waals surface area contributed by atoms with Crippen molar-refractivity contribution in [3.63, 3.8) is 0 Å². The Morgan fingerprint density at radius 1 is 1.38 bits per heavy atom. The molecule has 2 aromatic rings. The molecule has 5 heteroatoms. The highest BCUT2D eigenvalue weighted by atomic mass is 16.5. The van der Waals surface area contributed by atoms with Gasteiger partial charge in [0.1, 0.15) is 0 Å². The molecule has 0 aromatic carbocycles. The van der Waals surface area contributed by atoms with Crippen LogP contribution in [0, 0.1) is 12.8 Å². The van der Waals surface area contributed by atoms with Gasteiger partial charge in [0.2, 0.25) is 0 Å². The Kier molecular flexibility index (Phi) is 3.76. The van der Waals surface area contributed by atoms with Gasteiger partial charge in [0.05, 0.1) is 5.54 Å². The number of rotatable bonds is 3. The average molecular weight is 286 g/mol. The Bertz CT molecular complexity index is 614. The van der Waals surface area contributed by atoms with Crippen molar-refractivity contribution >= 4 is 0 Å². The summed E-state index contributed by atoms with van der Waals surface area (Å²) in [6, 6.07) is 3.82. The molecule has 2 aromatic heterocycles. The van der Waals surface area contributed by atoms with Gasteiger partial charge in [-0.25, -0.2) is 0 Å². The summed E-state index contributed by atoms with van der Waals surface area (Å²) in [5.74, 6) is 1.95. The van der Waals surface area contributed by atoms with Crippen molar-refractivity contribution < 1.29 is 4.52 Å². The number of aromatic nitrogens is 3. The molecule has 1 saturated carbocycles. The van der Waals surface area contributed by atoms with Gasteiger partial charge in [-0.1, -0.05) is 18.5 Å². The lowest BCUT2D eigenvalue weighted by Crippen LogP contribution is -2.41. The van der Waals surface area contributed by atoms with E-state index in [-0.39, 0.29) is 0 Å². The number of pyridine rings is 1. The Hall–Kier alpha value is -1.75. The van der Waals surface area contributed by atoms with Crippen LogP contribution in [0.25, 0.3) is 11.5 Å². The van der Waals surface area contributed by atoms with E-state index in [1.54, 1.807) is 6.20 Å². The maximum Gasteiger partial charge on any atom is 0.258 e. The molecule has 0 amide bonds. The summed E-state index contributed by atoms with van der Waals surface area (Å²) in [5.41, 5.74) is 7.91. The molecule has 0 unspecified atom stereocenters. The molecule has 0 radical (unpaired) electrons. The van der Waals surface area contributed by atoms with Crippen LogP contribution in [-0.2, 0) is 5.54 Å². The number of nitrogens with two attached hydrogens (primary N) is 1. The SMILES string of the molecule is CCC1CCC(N)(c2noc(-c3ccnc(C)c3)n2)CC1. The van der Waals surface area contributed by atoms with Gasteiger partial charge >= 0.3 is 0 Å². The number of hydrogen-bond donors (Lipinski definition) is 1. The van der Waals surface area contributed by atoms with Crippen LogP contribution in [0.15, 0.2) is 22.9 Å². The van der Waals surface area contributed by atoms with Crippen molar-refractivity contribution in [1.29, 1.82) is 0 Å². The van der Waals surface area contributed by atoms with Crippen LogP contribution in [0.2, 0.25) is 0 Å². The van der Waals surface area contributed by atoms with E-state index in [9.17, 15) is 0 Å². The minimum absolute atomic E-state index is 0.435. The lowest BCUT2D eigenvalue weighted by Gasteiger charge is -2.34. The van der Waals surface area contributed by atoms with E-state index < -0.39 is 5.54 Å². The molecule has 2 heterocycles. The topological polar surface area (TPSA) is 77.8 Å². The Balaban J connectivity index is 1.82. The van der Waals surface area contributed by atoms with Gasteiger partial charge < -0.3 is 10.3 Å². The zero-order chi connectivity index (χ0) is 14.9. The number of aryl methyl sites for hydroxylation is 1. The average Bonchev–Trinajstić information content (AvgIpc) is 2.99. The molecule has 112 valence electrons. The summed E-state index contributed by atoms with van der Waals surface area (Å²) in [7, 11) is 0. The van der Waals surface area contributed by atoms with Crippen LogP contribution < -0.4 is 5.73 Å². The molecule has 0 aliphatic heterocycles. The monoisotopic (exact) mass is 286 g/mol. The third-order valence-electron chi connectivity index (χ3n) is 4.59. The molecule has 0 bridgehead atoms. The van der Waals surface area contributed by atoms with Gasteiger partial charge in [0, 0.05) is 17.5 Å². The first-order valence-corrected chi connectivity index (χ1v) is 7.67. The molecule has 21 heavy (non-hydrogen) atoms. The van der Waals surface area contributed by atoms with E-state index in [1.165, 1.54) is 6.42 Å². The minimum atomic E-state index is -0.435. The Morgan fingerprint density at radius 3 is 2.81 bits per heavy atom. The normalized spacial score (nSPS) is 26.0. The van der Waals surface area contributed by atoms with Gasteiger partial charge in [0.25, 0.3) is 5.89 Å². The van der Waals surface area contributed by atoms with Crippen LogP contribution in [0.1, 0.15) is 50.5 Å². The third kappa shape index (κ3) is 2.83. The maximum atomic E-state index is 6.52. The van der Waals surface area contributed by atoms with E-state index in [0.717, 1.165) is 42.9 Å². The van der Waals surface area contributed by atoms with Gasteiger partial charge in [-0.3, -0.25) is 4.98 Å². The van der Waals surface area contributed by atoms with E-state index in [2.05, 4.69) is 22.0 Å². The summed E-state index contributed by atoms with van der Waals surface area (Å²) in [6.45, 7) is 4.18. The van der Waals surface area contributed by atoms with Crippen molar-refractivity contribution in [2.45, 2.75) is 51.5 Å². The fourth-order valence-corrected chi connectivity index (χ4v) is 3.05. The quantitative estimate of drug-likeness (QED) is 0.937. The van der Waals surface area contributed by atoms with Crippen molar-refractivity contribution in [1.82, 2.24) is 15.1 Å². The number of hydrogen-bond acceptors (Lipinski definition) is 5. The standard InChI is InChI=1S/C16H22N4O/c1-3-12-4-7-16(17,8-5-12)15-19-14(21-20-15)13-6-9-18-11(2)10-13/h6,9-10,12H,3-5,7-8,17H2,1-2H3. The van der Waals surface area contributed by atoms with Crippen LogP contribution in [-0.4, -0.2) is 15.1 Å². The summed E-state index contributed by atoms with van der Waals surface area (Å²) in [5, 5.41) is 4.14. The summed E-state index contributed by atoms with van der Waals surface area (Å²) in [4.78, 5) is 8.72. The summed E-state index contributed by atoms with van der Waals surface area (Å²) in [6.07, 6.45) is 7.12. The predicted molar refractivity (Wildman–Crippen MR) is 80.4 cm³/mol. The highest BCUT2D eigenvalue weighted by Crippen LogP contribution is 2.37. The first-order chi connectivity index (χ1) is 10.1. The lowest BCUT2D eigenvalue weighted by atomic mass is 9.76. The molecule has 1 aliphatic carbocycles. The first kappa shape index (κ1) is 14.2. The summed E-state index contributed by atoms with van der Waals surface area (Å²) >= 11 is 0. The Labute approximate surface area is 125 Å². The highest BCUT2D eigenvalue weighted by Gasteiger charge is 2.36. The molecule has 2 N–H and O–H groups in total. The second-order valence-electron chi connectivity index (χ2n) is 6.12. The van der Waals surface area contributed by atoms with Crippen molar-refractivity contribution in [3.05, 3.63) is 29.8 Å². The van der Waals surface area contributed by atoms with Crippen molar-refractivity contribution in [3.8, 4) is 11.5 Å². The lowest BCUT2D eigenvalue weighted by molar-refractivity contribution is 0.216. The van der Waals surface area contributed by atoms with E-state index >= 15 is 0 Å². The zero-order valence-electron chi connectivity index (χ0n) is 12.7. The van der Waals surface area contributed by atoms with Gasteiger partial charge in [-0.05, 0) is 50.7 Å². The van der Waals surface area contributed by atoms with Gasteiger partial charge in [0.15, 0.2) is 5.82 Å². The van der Waals surface area contributed by atoms with Gasteiger partial charge in [-0.15, -0.1) is 0 Å². The molecule has 0 atom stereocenters. The minimum Gasteiger partial charge on any atom is -0.334 e. The Morgan fingerprint density at radius 2 is 2.14 bits per heavy atom. The van der Waals surface area contributed by atoms with Crippen LogP contribution in [0.4, 0.5) is 0 Å². The van der Waals surface area contributed by atoms with Crippen molar-refractivity contribution in [2.24, 2.45) is 11.7 Å². The van der Waals surface area contributed by atoms with E-state index in [0.29, 0.717) is 11.7 Å². The molecular formula is C16H22N4O. The molecule has 0 saturated heterocycles. The van der Waals surface area contributed by atoms with Crippen LogP contribution in [0.5, 0.6) is 0 Å². The van der Waals surface area contributed by atoms with Crippen molar-refractivity contribution in [2.75, 3.05) is 0 Å². The first-order valence-electron chi connectivity index (χ1n) is 7.67. The fourth-order valence-electron chi connectivity index (χ4n) is 3.05. The third-order valence-corrected chi connectivity index (χ3v) is 4.59. The molecular weight excluding hydrogens is 264 g/mol. The summed E-state index contributed by atoms with van der Waals surface area (Å²) < 4.78 is 5.41. The number of nitrogens with zero attached hydrogens (tertiary/aromatic N) is 3. The second-order valence-corrected chi connectivity index (χ2v) is 6.12. The molecule has 0 spiro atoms. The predicted octanol–water partition coefficient (Wildman–Crippen LogP) is 3.19. The maximum absolute atomic E-state index is 6.52. The largest absolute Gasteiger partial charge is 0.334 e. The van der Waals surface area contributed by atoms with E-state index in [4.69, 9.17) is 10.3 Å². The smallest absolute Gasteiger partial charge is 0.258 e. The molecule has 1 aliphatic rings.